The molecular formula is C24H23FN6O2. The van der Waals surface area contributed by atoms with E-state index in [1.165, 1.54) is 6.07 Å². The Balaban J connectivity index is 1.35. The molecule has 0 saturated heterocycles. The van der Waals surface area contributed by atoms with Gasteiger partial charge in [0.25, 0.3) is 0 Å². The van der Waals surface area contributed by atoms with E-state index in [4.69, 9.17) is 4.74 Å². The lowest BCUT2D eigenvalue weighted by Gasteiger charge is -2.15. The van der Waals surface area contributed by atoms with Crippen molar-refractivity contribution in [1.29, 1.82) is 0 Å². The van der Waals surface area contributed by atoms with Gasteiger partial charge in [-0.3, -0.25) is 4.79 Å². The van der Waals surface area contributed by atoms with E-state index >= 15 is 0 Å². The molecule has 2 heterocycles. The molecule has 5 rings (SSSR count). The zero-order valence-electron chi connectivity index (χ0n) is 18.2. The van der Waals surface area contributed by atoms with E-state index in [1.807, 2.05) is 31.4 Å². The third kappa shape index (κ3) is 3.71. The van der Waals surface area contributed by atoms with Crippen molar-refractivity contribution in [1.82, 2.24) is 19.6 Å². The number of anilines is 2. The number of hydrogen-bond acceptors (Lipinski definition) is 5. The van der Waals surface area contributed by atoms with Crippen LogP contribution in [0.25, 0.3) is 11.4 Å². The normalized spacial score (nSPS) is 14.0. The van der Waals surface area contributed by atoms with Gasteiger partial charge in [0.2, 0.25) is 5.91 Å². The summed E-state index contributed by atoms with van der Waals surface area (Å²) in [6.45, 7) is 0. The van der Waals surface area contributed by atoms with Crippen molar-refractivity contribution in [3.8, 4) is 17.1 Å². The molecule has 0 aliphatic heterocycles. The van der Waals surface area contributed by atoms with Crippen LogP contribution < -0.4 is 15.4 Å². The van der Waals surface area contributed by atoms with Gasteiger partial charge >= 0.3 is 0 Å². The highest BCUT2D eigenvalue weighted by Crippen LogP contribution is 2.49. The van der Waals surface area contributed by atoms with Crippen LogP contribution >= 0.6 is 0 Å². The van der Waals surface area contributed by atoms with Gasteiger partial charge < -0.3 is 15.4 Å². The molecule has 1 saturated carbocycles. The van der Waals surface area contributed by atoms with Crippen molar-refractivity contribution in [3.63, 3.8) is 0 Å². The summed E-state index contributed by atoms with van der Waals surface area (Å²) >= 11 is 0. The fourth-order valence-corrected chi connectivity index (χ4v) is 3.95. The average Bonchev–Trinajstić information content (AvgIpc) is 3.26. The third-order valence-electron chi connectivity index (χ3n) is 5.95. The zero-order valence-corrected chi connectivity index (χ0v) is 18.2. The maximum atomic E-state index is 14.3. The predicted molar refractivity (Wildman–Crippen MR) is 123 cm³/mol. The summed E-state index contributed by atoms with van der Waals surface area (Å²) in [7, 11) is 3.45. The van der Waals surface area contributed by atoms with Crippen molar-refractivity contribution < 1.29 is 13.9 Å². The molecule has 2 N–H and O–H groups in total. The first-order chi connectivity index (χ1) is 16.0. The number of methoxy groups -OCH3 is 1. The van der Waals surface area contributed by atoms with Crippen molar-refractivity contribution in [2.75, 3.05) is 24.8 Å². The lowest BCUT2D eigenvalue weighted by atomic mass is 9.94. The second kappa shape index (κ2) is 8.09. The molecule has 0 bridgehead atoms. The molecule has 0 atom stereocenters. The Labute approximate surface area is 190 Å². The second-order valence-corrected chi connectivity index (χ2v) is 7.94. The Morgan fingerprint density at radius 1 is 1.15 bits per heavy atom. The molecule has 2 aromatic heterocycles. The number of nitrogens with zero attached hydrogens (tertiary/aromatic N) is 4. The van der Waals surface area contributed by atoms with Gasteiger partial charge in [-0.15, -0.1) is 5.10 Å². The number of aromatic nitrogens is 4. The summed E-state index contributed by atoms with van der Waals surface area (Å²) in [5.74, 6) is 0.461. The highest BCUT2D eigenvalue weighted by molar-refractivity contribution is 6.00. The Kier molecular flexibility index (Phi) is 5.08. The van der Waals surface area contributed by atoms with Crippen LogP contribution in [0.3, 0.4) is 0 Å². The van der Waals surface area contributed by atoms with Crippen molar-refractivity contribution >= 4 is 17.4 Å². The van der Waals surface area contributed by atoms with E-state index in [0.29, 0.717) is 35.7 Å². The molecule has 1 fully saturated rings. The number of nitrogens with one attached hydrogen (secondary N) is 2. The van der Waals surface area contributed by atoms with Crippen LogP contribution in [0, 0.1) is 5.82 Å². The molecule has 2 aromatic carbocycles. The summed E-state index contributed by atoms with van der Waals surface area (Å²) < 4.78 is 23.1. The molecule has 1 amide bonds. The van der Waals surface area contributed by atoms with E-state index in [2.05, 4.69) is 20.8 Å². The molecule has 1 aliphatic rings. The number of halogens is 1. The lowest BCUT2D eigenvalue weighted by molar-refractivity contribution is -0.118. The van der Waals surface area contributed by atoms with Crippen LogP contribution in [-0.2, 0) is 10.2 Å². The molecule has 9 heteroatoms. The highest BCUT2D eigenvalue weighted by Gasteiger charge is 2.52. The summed E-state index contributed by atoms with van der Waals surface area (Å²) in [6, 6.07) is 13.9. The maximum Gasteiger partial charge on any atom is 0.236 e. The molecule has 0 spiro atoms. The Morgan fingerprint density at radius 3 is 2.70 bits per heavy atom. The highest BCUT2D eigenvalue weighted by atomic mass is 19.1. The molecule has 33 heavy (non-hydrogen) atoms. The van der Waals surface area contributed by atoms with E-state index in [9.17, 15) is 9.18 Å². The first-order valence-corrected chi connectivity index (χ1v) is 10.6. The number of rotatable bonds is 7. The predicted octanol–water partition coefficient (Wildman–Crippen LogP) is 3.92. The smallest absolute Gasteiger partial charge is 0.236 e. The first-order valence-electron chi connectivity index (χ1n) is 10.6. The monoisotopic (exact) mass is 446 g/mol. The number of hydrogen-bond donors (Lipinski definition) is 2. The SMILES string of the molecule is CNc1ccc(-n2cc(-n3ccc(NC(=O)C4(c5ccccc5F)CC4)n3)cn2)c(OC)c1. The Hall–Kier alpha value is -4.14. The van der Waals surface area contributed by atoms with Gasteiger partial charge in [0.1, 0.15) is 22.9 Å². The van der Waals surface area contributed by atoms with Crippen molar-refractivity contribution in [2.45, 2.75) is 18.3 Å². The topological polar surface area (TPSA) is 86.0 Å². The fraction of sp³-hybridized carbons (Fsp3) is 0.208. The van der Waals surface area contributed by atoms with Crippen molar-refractivity contribution in [2.24, 2.45) is 0 Å². The summed E-state index contributed by atoms with van der Waals surface area (Å²) in [5.41, 5.74) is 2.03. The average molecular weight is 446 g/mol. The maximum absolute atomic E-state index is 14.3. The quantitative estimate of drug-likeness (QED) is 0.450. The van der Waals surface area contributed by atoms with Gasteiger partial charge in [-0.25, -0.2) is 13.8 Å². The van der Waals surface area contributed by atoms with E-state index in [1.54, 1.807) is 53.1 Å². The summed E-state index contributed by atoms with van der Waals surface area (Å²) in [6.07, 6.45) is 6.45. The van der Waals surface area contributed by atoms with E-state index in [-0.39, 0.29) is 11.7 Å². The molecule has 0 unspecified atom stereocenters. The fourth-order valence-electron chi connectivity index (χ4n) is 3.95. The molecule has 1 aliphatic carbocycles. The van der Waals surface area contributed by atoms with Crippen molar-refractivity contribution in [3.05, 3.63) is 78.5 Å². The first kappa shape index (κ1) is 20.7. The third-order valence-corrected chi connectivity index (χ3v) is 5.95. The molecule has 0 radical (unpaired) electrons. The second-order valence-electron chi connectivity index (χ2n) is 7.94. The minimum Gasteiger partial charge on any atom is -0.494 e. The molecule has 4 aromatic rings. The van der Waals surface area contributed by atoms with Crippen LogP contribution in [0.4, 0.5) is 15.9 Å². The Morgan fingerprint density at radius 2 is 1.97 bits per heavy atom. The van der Waals surface area contributed by atoms with Crippen LogP contribution in [0.1, 0.15) is 18.4 Å². The largest absolute Gasteiger partial charge is 0.494 e. The van der Waals surface area contributed by atoms with Gasteiger partial charge in [-0.05, 0) is 31.0 Å². The van der Waals surface area contributed by atoms with E-state index < -0.39 is 5.41 Å². The number of amides is 1. The lowest BCUT2D eigenvalue weighted by Crippen LogP contribution is -2.28. The van der Waals surface area contributed by atoms with Gasteiger partial charge in [0.15, 0.2) is 5.82 Å². The number of carbonyl (C=O) groups is 1. The number of carbonyl (C=O) groups excluding carboxylic acids is 1. The molecular weight excluding hydrogens is 423 g/mol. The van der Waals surface area contributed by atoms with Gasteiger partial charge in [0.05, 0.1) is 24.9 Å². The summed E-state index contributed by atoms with van der Waals surface area (Å²) in [5, 5.41) is 14.8. The van der Waals surface area contributed by atoms with Crippen LogP contribution in [0.15, 0.2) is 67.1 Å². The zero-order chi connectivity index (χ0) is 23.0. The Bertz CT molecular complexity index is 1320. The molecule has 8 nitrogen and oxygen atoms in total. The molecule has 168 valence electrons. The standard InChI is InChI=1S/C24H23FN6O2/c1-26-16-7-8-20(21(13-16)33-2)31-15-17(14-27-31)30-12-9-22(29-30)28-23(32)24(10-11-24)18-5-3-4-6-19(18)25/h3-9,12-15,26H,10-11H2,1-2H3,(H,28,29,32). The van der Waals surface area contributed by atoms with Gasteiger partial charge in [-0.2, -0.15) is 5.10 Å². The summed E-state index contributed by atoms with van der Waals surface area (Å²) in [4.78, 5) is 12.9. The van der Waals surface area contributed by atoms with Crippen LogP contribution in [-0.4, -0.2) is 39.6 Å². The van der Waals surface area contributed by atoms with Crippen LogP contribution in [0.2, 0.25) is 0 Å². The minimum absolute atomic E-state index is 0.247. The number of ether oxygens (including phenoxy) is 1. The van der Waals surface area contributed by atoms with E-state index in [0.717, 1.165) is 11.4 Å². The minimum atomic E-state index is -0.823. The van der Waals surface area contributed by atoms with Gasteiger partial charge in [-0.1, -0.05) is 18.2 Å². The number of benzene rings is 2. The van der Waals surface area contributed by atoms with Gasteiger partial charge in [0, 0.05) is 36.6 Å². The van der Waals surface area contributed by atoms with Crippen LogP contribution in [0.5, 0.6) is 5.75 Å².